The molecule has 16 heavy (non-hydrogen) atoms. The van der Waals surface area contributed by atoms with Crippen LogP contribution >= 0.6 is 23.4 Å². The topological polar surface area (TPSA) is 54.4 Å². The number of aromatic carboxylic acids is 1. The van der Waals surface area contributed by atoms with E-state index in [1.165, 1.54) is 24.8 Å². The molecule has 0 fully saturated rings. The van der Waals surface area contributed by atoms with Crippen molar-refractivity contribution in [1.29, 1.82) is 0 Å². The molecule has 5 heteroatoms. The van der Waals surface area contributed by atoms with E-state index in [1.807, 2.05) is 6.26 Å². The van der Waals surface area contributed by atoms with Crippen molar-refractivity contribution in [3.63, 3.8) is 0 Å². The van der Waals surface area contributed by atoms with Crippen LogP contribution in [-0.2, 0) is 4.79 Å². The lowest BCUT2D eigenvalue weighted by Crippen LogP contribution is -2.09. The highest BCUT2D eigenvalue weighted by molar-refractivity contribution is 7.98. The average molecular weight is 259 g/mol. The van der Waals surface area contributed by atoms with Crippen LogP contribution in [0.1, 0.15) is 28.2 Å². The highest BCUT2D eigenvalue weighted by Gasteiger charge is 2.20. The number of Topliss-reactive ketones (excluding diaryl/α,β-unsaturated/α-hetero) is 1. The van der Waals surface area contributed by atoms with Crippen molar-refractivity contribution in [3.05, 3.63) is 29.3 Å². The molecule has 0 aliphatic carbocycles. The summed E-state index contributed by atoms with van der Waals surface area (Å²) in [5.74, 6) is -1.33. The standard InChI is InChI=1S/C11H11ClO3S/c1-6(13)10(12)8-4-3-7(16-2)5-9(8)11(14)15/h3-5,10H,1-2H3,(H,14,15). The number of alkyl halides is 1. The van der Waals surface area contributed by atoms with Crippen molar-refractivity contribution in [2.45, 2.75) is 17.2 Å². The van der Waals surface area contributed by atoms with Crippen molar-refractivity contribution in [2.24, 2.45) is 0 Å². The highest BCUT2D eigenvalue weighted by atomic mass is 35.5. The zero-order valence-electron chi connectivity index (χ0n) is 8.86. The first-order chi connectivity index (χ1) is 7.47. The molecule has 1 N–H and O–H groups in total. The summed E-state index contributed by atoms with van der Waals surface area (Å²) in [7, 11) is 0. The smallest absolute Gasteiger partial charge is 0.336 e. The SMILES string of the molecule is CSc1ccc(C(Cl)C(C)=O)c(C(=O)O)c1. The molecule has 0 heterocycles. The van der Waals surface area contributed by atoms with E-state index in [1.54, 1.807) is 12.1 Å². The van der Waals surface area contributed by atoms with Gasteiger partial charge in [-0.3, -0.25) is 4.79 Å². The third-order valence-corrected chi connectivity index (χ3v) is 3.39. The highest BCUT2D eigenvalue weighted by Crippen LogP contribution is 2.28. The van der Waals surface area contributed by atoms with Crippen LogP contribution in [0, 0.1) is 0 Å². The van der Waals surface area contributed by atoms with Gasteiger partial charge in [-0.1, -0.05) is 6.07 Å². The number of rotatable bonds is 4. The van der Waals surface area contributed by atoms with Gasteiger partial charge >= 0.3 is 5.97 Å². The van der Waals surface area contributed by atoms with Crippen LogP contribution in [0.3, 0.4) is 0 Å². The minimum atomic E-state index is -1.07. The second-order valence-corrected chi connectivity index (χ2v) is 4.55. The quantitative estimate of drug-likeness (QED) is 0.666. The molecule has 0 spiro atoms. The molecule has 3 nitrogen and oxygen atoms in total. The van der Waals surface area contributed by atoms with Gasteiger partial charge in [0.2, 0.25) is 0 Å². The largest absolute Gasteiger partial charge is 0.478 e. The molecule has 1 rings (SSSR count). The second-order valence-electron chi connectivity index (χ2n) is 3.23. The van der Waals surface area contributed by atoms with Gasteiger partial charge in [-0.25, -0.2) is 4.79 Å². The number of carbonyl (C=O) groups is 2. The summed E-state index contributed by atoms with van der Waals surface area (Å²) in [6.45, 7) is 1.34. The van der Waals surface area contributed by atoms with Gasteiger partial charge in [0.25, 0.3) is 0 Å². The van der Waals surface area contributed by atoms with E-state index < -0.39 is 11.3 Å². The average Bonchev–Trinajstić information content (AvgIpc) is 2.26. The molecule has 0 saturated heterocycles. The Morgan fingerprint density at radius 2 is 2.06 bits per heavy atom. The fourth-order valence-corrected chi connectivity index (χ4v) is 1.92. The third kappa shape index (κ3) is 2.77. The number of thioether (sulfide) groups is 1. The summed E-state index contributed by atoms with van der Waals surface area (Å²) < 4.78 is 0. The van der Waals surface area contributed by atoms with E-state index in [0.717, 1.165) is 4.90 Å². The van der Waals surface area contributed by atoms with Crippen LogP contribution in [0.15, 0.2) is 23.1 Å². The summed E-state index contributed by atoms with van der Waals surface area (Å²) in [5.41, 5.74) is 0.432. The monoisotopic (exact) mass is 258 g/mol. The van der Waals surface area contributed by atoms with Crippen molar-refractivity contribution >= 4 is 35.1 Å². The Labute approximate surface area is 103 Å². The summed E-state index contributed by atoms with van der Waals surface area (Å²) in [6, 6.07) is 4.87. The predicted octanol–water partition coefficient (Wildman–Crippen LogP) is 2.98. The van der Waals surface area contributed by atoms with Gasteiger partial charge < -0.3 is 5.11 Å². The maximum Gasteiger partial charge on any atom is 0.336 e. The Kier molecular flexibility index (Phi) is 4.38. The molecule has 1 unspecified atom stereocenters. The number of hydrogen-bond acceptors (Lipinski definition) is 3. The van der Waals surface area contributed by atoms with Gasteiger partial charge in [-0.15, -0.1) is 23.4 Å². The molecule has 0 saturated carbocycles. The number of carbonyl (C=O) groups excluding carboxylic acids is 1. The van der Waals surface area contributed by atoms with E-state index in [0.29, 0.717) is 5.56 Å². The number of hydrogen-bond donors (Lipinski definition) is 1. The first-order valence-corrected chi connectivity index (χ1v) is 6.19. The summed E-state index contributed by atoms with van der Waals surface area (Å²) in [5, 5.41) is 8.14. The Morgan fingerprint density at radius 3 is 2.50 bits per heavy atom. The van der Waals surface area contributed by atoms with Crippen molar-refractivity contribution in [2.75, 3.05) is 6.26 Å². The molecule has 0 aliphatic rings. The zero-order valence-corrected chi connectivity index (χ0v) is 10.4. The van der Waals surface area contributed by atoms with E-state index in [-0.39, 0.29) is 11.3 Å². The van der Waals surface area contributed by atoms with Crippen LogP contribution in [0.25, 0.3) is 0 Å². The normalized spacial score (nSPS) is 12.2. The molecule has 1 aromatic rings. The maximum absolute atomic E-state index is 11.1. The molecular formula is C11H11ClO3S. The molecule has 0 aliphatic heterocycles. The van der Waals surface area contributed by atoms with Crippen LogP contribution in [0.4, 0.5) is 0 Å². The van der Waals surface area contributed by atoms with Crippen LogP contribution in [-0.4, -0.2) is 23.1 Å². The maximum atomic E-state index is 11.1. The number of carboxylic acid groups (broad SMARTS) is 1. The van der Waals surface area contributed by atoms with Gasteiger partial charge in [0.1, 0.15) is 5.38 Å². The summed E-state index contributed by atoms with van der Waals surface area (Å²) in [4.78, 5) is 23.0. The van der Waals surface area contributed by atoms with Crippen molar-refractivity contribution < 1.29 is 14.7 Å². The van der Waals surface area contributed by atoms with Gasteiger partial charge in [0, 0.05) is 4.90 Å². The first-order valence-electron chi connectivity index (χ1n) is 4.53. The van der Waals surface area contributed by atoms with Gasteiger partial charge in [0.15, 0.2) is 5.78 Å². The lowest BCUT2D eigenvalue weighted by atomic mass is 10.0. The fourth-order valence-electron chi connectivity index (χ4n) is 1.29. The summed E-state index contributed by atoms with van der Waals surface area (Å²) in [6.07, 6.45) is 1.85. The number of ketones is 1. The fraction of sp³-hybridized carbons (Fsp3) is 0.273. The number of carboxylic acids is 1. The molecule has 1 atom stereocenters. The van der Waals surface area contributed by atoms with Crippen LogP contribution in [0.2, 0.25) is 0 Å². The molecule has 0 amide bonds. The minimum absolute atomic E-state index is 0.0852. The van der Waals surface area contributed by atoms with Crippen LogP contribution in [0.5, 0.6) is 0 Å². The van der Waals surface area contributed by atoms with E-state index in [2.05, 4.69) is 0 Å². The Balaban J connectivity index is 3.28. The zero-order chi connectivity index (χ0) is 12.3. The molecule has 0 bridgehead atoms. The first kappa shape index (κ1) is 13.1. The van der Waals surface area contributed by atoms with Gasteiger partial charge in [0.05, 0.1) is 5.56 Å². The second kappa shape index (κ2) is 5.37. The lowest BCUT2D eigenvalue weighted by molar-refractivity contribution is -0.116. The number of halogens is 1. The minimum Gasteiger partial charge on any atom is -0.478 e. The van der Waals surface area contributed by atoms with Crippen molar-refractivity contribution in [1.82, 2.24) is 0 Å². The Bertz CT molecular complexity index is 431. The van der Waals surface area contributed by atoms with Gasteiger partial charge in [-0.2, -0.15) is 0 Å². The molecule has 86 valence electrons. The van der Waals surface area contributed by atoms with E-state index in [9.17, 15) is 9.59 Å². The number of benzene rings is 1. The molecule has 1 aromatic carbocycles. The van der Waals surface area contributed by atoms with Crippen molar-refractivity contribution in [3.8, 4) is 0 Å². The predicted molar refractivity (Wildman–Crippen MR) is 64.5 cm³/mol. The summed E-state index contributed by atoms with van der Waals surface area (Å²) >= 11 is 7.30. The Morgan fingerprint density at radius 1 is 1.44 bits per heavy atom. The van der Waals surface area contributed by atoms with E-state index in [4.69, 9.17) is 16.7 Å². The molecular weight excluding hydrogens is 248 g/mol. The third-order valence-electron chi connectivity index (χ3n) is 2.12. The van der Waals surface area contributed by atoms with Gasteiger partial charge in [-0.05, 0) is 30.9 Å². The molecule has 0 radical (unpaired) electrons. The van der Waals surface area contributed by atoms with E-state index >= 15 is 0 Å². The molecule has 0 aromatic heterocycles. The Hall–Kier alpha value is -1.00. The van der Waals surface area contributed by atoms with Crippen LogP contribution < -0.4 is 0 Å². The lowest BCUT2D eigenvalue weighted by Gasteiger charge is -2.10.